The maximum absolute atomic E-state index is 14.6. The van der Waals surface area contributed by atoms with Crippen molar-refractivity contribution in [1.29, 1.82) is 0 Å². The third kappa shape index (κ3) is 7.03. The summed E-state index contributed by atoms with van der Waals surface area (Å²) < 4.78 is 24.4. The van der Waals surface area contributed by atoms with Crippen LogP contribution >= 0.6 is 11.6 Å². The van der Waals surface area contributed by atoms with E-state index in [4.69, 9.17) is 11.6 Å². The number of sulfone groups is 1. The van der Waals surface area contributed by atoms with Gasteiger partial charge in [-0.25, -0.2) is 22.9 Å². The number of aliphatic hydroxyl groups is 1. The zero-order chi connectivity index (χ0) is 33.4. The maximum Gasteiger partial charge on any atom is 0.434 e. The molecule has 1 aliphatic rings. The number of aliphatic hydroxyl groups excluding tert-OH is 1. The Bertz CT molecular complexity index is 1810. The zero-order valence-corrected chi connectivity index (χ0v) is 27.3. The molecule has 1 saturated heterocycles. The van der Waals surface area contributed by atoms with E-state index in [0.717, 1.165) is 11.2 Å². The van der Waals surface area contributed by atoms with Gasteiger partial charge >= 0.3 is 6.09 Å². The number of carboxylic acid groups (broad SMARTS) is 1. The summed E-state index contributed by atoms with van der Waals surface area (Å²) in [5.74, 6) is 4.92. The SMILES string of the molecule is CC(C)(C)C[C@]1(c2ccc(C#CC(C)(C)S(C)(=O)=O)cc2)N/C(=N\C(=O)O)N([C@H](CO)c2ccc(Cl)c(-n3cncn3)c2)C1=O. The largest absolute Gasteiger partial charge is 0.463 e. The number of nitrogens with one attached hydrogen (secondary N) is 1. The highest BCUT2D eigenvalue weighted by atomic mass is 35.5. The molecule has 12 nitrogen and oxygen atoms in total. The molecule has 0 spiro atoms. The number of hydrogen-bond donors (Lipinski definition) is 3. The summed E-state index contributed by atoms with van der Waals surface area (Å²) in [6.45, 7) is 8.31. The van der Waals surface area contributed by atoms with Crippen LogP contribution in [0.4, 0.5) is 4.79 Å². The van der Waals surface area contributed by atoms with Crippen LogP contribution in [0, 0.1) is 17.3 Å². The van der Waals surface area contributed by atoms with E-state index in [1.54, 1.807) is 42.5 Å². The van der Waals surface area contributed by atoms with Crippen molar-refractivity contribution in [2.75, 3.05) is 12.9 Å². The number of guanidine groups is 1. The Morgan fingerprint density at radius 3 is 2.36 bits per heavy atom. The van der Waals surface area contributed by atoms with E-state index in [1.807, 2.05) is 20.8 Å². The minimum absolute atomic E-state index is 0.225. The molecule has 2 atom stereocenters. The number of rotatable bonds is 7. The van der Waals surface area contributed by atoms with Gasteiger partial charge in [0.25, 0.3) is 5.91 Å². The number of hydrogen-bond acceptors (Lipinski definition) is 7. The van der Waals surface area contributed by atoms with Gasteiger partial charge in [-0.15, -0.1) is 4.99 Å². The standard InChI is InChI=1S/C31H35ClN6O6S/c1-29(2,3)17-31(22-10-7-20(8-11-22)13-14-30(4,5)45(6,43)44)26(40)38(27(36-31)35-28(41)42)25(16-39)21-9-12-23(32)24(15-21)37-19-33-18-34-37/h7-12,15,18-19,25,39H,16-17H2,1-6H3,(H,35,36)(H,41,42)/t25-,31-/m1/s1. The van der Waals surface area contributed by atoms with Gasteiger partial charge in [0.05, 0.1) is 23.4 Å². The van der Waals surface area contributed by atoms with Gasteiger partial charge in [0.1, 0.15) is 22.9 Å². The Kier molecular flexibility index (Phi) is 9.17. The van der Waals surface area contributed by atoms with Crippen LogP contribution in [-0.2, 0) is 20.2 Å². The van der Waals surface area contributed by atoms with E-state index >= 15 is 0 Å². The van der Waals surface area contributed by atoms with Gasteiger partial charge in [-0.1, -0.05) is 62.4 Å². The summed E-state index contributed by atoms with van der Waals surface area (Å²) in [6, 6.07) is 10.5. The Morgan fingerprint density at radius 1 is 1.16 bits per heavy atom. The van der Waals surface area contributed by atoms with Crippen LogP contribution in [0.1, 0.15) is 63.8 Å². The van der Waals surface area contributed by atoms with Crippen molar-refractivity contribution >= 4 is 39.4 Å². The first-order valence-electron chi connectivity index (χ1n) is 13.9. The van der Waals surface area contributed by atoms with E-state index in [2.05, 4.69) is 32.2 Å². The van der Waals surface area contributed by atoms with Gasteiger partial charge in [-0.3, -0.25) is 9.69 Å². The molecule has 45 heavy (non-hydrogen) atoms. The Hall–Kier alpha value is -4.25. The molecule has 14 heteroatoms. The molecule has 1 aromatic heterocycles. The number of halogens is 1. The first kappa shape index (κ1) is 33.6. The van der Waals surface area contributed by atoms with Crippen molar-refractivity contribution < 1.29 is 28.2 Å². The van der Waals surface area contributed by atoms with Gasteiger partial charge in [0.15, 0.2) is 9.84 Å². The number of amides is 2. The Morgan fingerprint density at radius 2 is 1.82 bits per heavy atom. The van der Waals surface area contributed by atoms with Crippen molar-refractivity contribution in [2.24, 2.45) is 10.4 Å². The number of aliphatic imine (C=N–C) groups is 1. The molecule has 238 valence electrons. The number of carbonyl (C=O) groups excluding carboxylic acids is 1. The van der Waals surface area contributed by atoms with Crippen molar-refractivity contribution in [3.8, 4) is 17.5 Å². The second-order valence-electron chi connectivity index (χ2n) is 12.5. The number of benzene rings is 2. The van der Waals surface area contributed by atoms with E-state index in [1.165, 1.54) is 31.2 Å². The van der Waals surface area contributed by atoms with Gasteiger partial charge in [-0.05, 0) is 61.1 Å². The predicted octanol–water partition coefficient (Wildman–Crippen LogP) is 3.93. The molecule has 4 rings (SSSR count). The monoisotopic (exact) mass is 654 g/mol. The highest BCUT2D eigenvalue weighted by Crippen LogP contribution is 2.42. The molecule has 2 heterocycles. The maximum atomic E-state index is 14.6. The summed E-state index contributed by atoms with van der Waals surface area (Å²) in [6.07, 6.45) is 2.60. The van der Waals surface area contributed by atoms with Crippen molar-refractivity contribution in [2.45, 2.75) is 57.4 Å². The van der Waals surface area contributed by atoms with Crippen molar-refractivity contribution in [3.63, 3.8) is 0 Å². The molecular formula is C31H35ClN6O6S. The molecule has 3 N–H and O–H groups in total. The van der Waals surface area contributed by atoms with Crippen LogP contribution in [0.25, 0.3) is 5.69 Å². The van der Waals surface area contributed by atoms with Crippen LogP contribution in [0.3, 0.4) is 0 Å². The van der Waals surface area contributed by atoms with Crippen LogP contribution < -0.4 is 5.32 Å². The molecule has 2 aromatic carbocycles. The van der Waals surface area contributed by atoms with Crippen LogP contribution in [0.15, 0.2) is 60.1 Å². The zero-order valence-electron chi connectivity index (χ0n) is 25.7. The molecule has 0 radical (unpaired) electrons. The van der Waals surface area contributed by atoms with Crippen LogP contribution in [0.5, 0.6) is 0 Å². The van der Waals surface area contributed by atoms with Gasteiger partial charge < -0.3 is 15.5 Å². The van der Waals surface area contributed by atoms with E-state index < -0.39 is 50.2 Å². The second kappa shape index (κ2) is 12.3. The quantitative estimate of drug-likeness (QED) is 0.320. The number of carbonyl (C=O) groups is 2. The van der Waals surface area contributed by atoms with Crippen LogP contribution in [-0.4, -0.2) is 73.9 Å². The normalized spacial score (nSPS) is 18.8. The average Bonchev–Trinajstić information content (AvgIpc) is 3.55. The molecule has 2 amide bonds. The first-order valence-corrected chi connectivity index (χ1v) is 16.2. The fourth-order valence-corrected chi connectivity index (χ4v) is 5.46. The minimum Gasteiger partial charge on any atom is -0.463 e. The first-order chi connectivity index (χ1) is 20.9. The second-order valence-corrected chi connectivity index (χ2v) is 15.5. The summed E-state index contributed by atoms with van der Waals surface area (Å²) >= 11 is 6.42. The summed E-state index contributed by atoms with van der Waals surface area (Å²) in [5.41, 5.74) is 0.00827. The summed E-state index contributed by atoms with van der Waals surface area (Å²) in [7, 11) is -3.44. The van der Waals surface area contributed by atoms with Crippen molar-refractivity contribution in [3.05, 3.63) is 76.8 Å². The van der Waals surface area contributed by atoms with Crippen LogP contribution in [0.2, 0.25) is 5.02 Å². The highest BCUT2D eigenvalue weighted by Gasteiger charge is 2.55. The molecule has 0 aliphatic carbocycles. The fourth-order valence-electron chi connectivity index (χ4n) is 5.02. The third-order valence-electron chi connectivity index (χ3n) is 7.45. The third-order valence-corrected chi connectivity index (χ3v) is 9.73. The number of nitrogens with zero attached hydrogens (tertiary/aromatic N) is 5. The Balaban J connectivity index is 1.84. The van der Waals surface area contributed by atoms with Gasteiger partial charge in [0.2, 0.25) is 5.96 Å². The molecular weight excluding hydrogens is 620 g/mol. The van der Waals surface area contributed by atoms with E-state index in [0.29, 0.717) is 27.4 Å². The summed E-state index contributed by atoms with van der Waals surface area (Å²) in [5, 5.41) is 27.9. The smallest absolute Gasteiger partial charge is 0.434 e. The number of aromatic nitrogens is 3. The average molecular weight is 655 g/mol. The van der Waals surface area contributed by atoms with Gasteiger partial charge in [0, 0.05) is 11.8 Å². The lowest BCUT2D eigenvalue weighted by molar-refractivity contribution is -0.134. The molecule has 0 bridgehead atoms. The lowest BCUT2D eigenvalue weighted by Crippen LogP contribution is -2.47. The van der Waals surface area contributed by atoms with Gasteiger partial charge in [-0.2, -0.15) is 5.10 Å². The molecule has 3 aromatic rings. The van der Waals surface area contributed by atoms with E-state index in [9.17, 15) is 28.2 Å². The lowest BCUT2D eigenvalue weighted by Gasteiger charge is -2.34. The highest BCUT2D eigenvalue weighted by molar-refractivity contribution is 7.92. The Labute approximate surface area is 267 Å². The minimum atomic E-state index is -3.44. The fraction of sp³-hybridized carbons (Fsp3) is 0.387. The molecule has 1 fully saturated rings. The predicted molar refractivity (Wildman–Crippen MR) is 170 cm³/mol. The van der Waals surface area contributed by atoms with Crippen molar-refractivity contribution in [1.82, 2.24) is 25.0 Å². The topological polar surface area (TPSA) is 167 Å². The molecule has 1 aliphatic heterocycles. The van der Waals surface area contributed by atoms with E-state index in [-0.39, 0.29) is 12.4 Å². The molecule has 0 saturated carbocycles. The lowest BCUT2D eigenvalue weighted by atomic mass is 9.75. The summed E-state index contributed by atoms with van der Waals surface area (Å²) in [4.78, 5) is 35.4. The molecule has 0 unspecified atom stereocenters.